The number of nitrogens with one attached hydrogen (secondary N) is 1. The van der Waals surface area contributed by atoms with Crippen LogP contribution < -0.4 is 10.1 Å². The molecule has 7 nitrogen and oxygen atoms in total. The summed E-state index contributed by atoms with van der Waals surface area (Å²) >= 11 is 0. The van der Waals surface area contributed by atoms with E-state index in [4.69, 9.17) is 14.6 Å². The van der Waals surface area contributed by atoms with Gasteiger partial charge in [-0.25, -0.2) is 9.59 Å². The minimum atomic E-state index is -1.12. The van der Waals surface area contributed by atoms with Gasteiger partial charge in [0.15, 0.2) is 12.9 Å². The Labute approximate surface area is 134 Å². The molecule has 0 aliphatic carbocycles. The molecule has 0 unspecified atom stereocenters. The number of aliphatic carboxylic acids is 1. The lowest BCUT2D eigenvalue weighted by atomic mass is 10.1. The van der Waals surface area contributed by atoms with Gasteiger partial charge in [-0.15, -0.1) is 0 Å². The predicted octanol–water partition coefficient (Wildman–Crippen LogP) is 2.03. The first-order valence-electron chi connectivity index (χ1n) is 7.11. The van der Waals surface area contributed by atoms with E-state index in [-0.39, 0.29) is 11.3 Å². The van der Waals surface area contributed by atoms with Crippen molar-refractivity contribution in [2.75, 3.05) is 13.2 Å². The molecule has 0 saturated heterocycles. The first-order valence-corrected chi connectivity index (χ1v) is 7.11. The fraction of sp³-hybridized carbons (Fsp3) is 0.438. The smallest absolute Gasteiger partial charge is 0.407 e. The maximum absolute atomic E-state index is 11.5. The summed E-state index contributed by atoms with van der Waals surface area (Å²) in [6.07, 6.45) is 0.593. The average Bonchev–Trinajstić information content (AvgIpc) is 2.43. The van der Waals surface area contributed by atoms with Crippen molar-refractivity contribution in [1.29, 1.82) is 0 Å². The van der Waals surface area contributed by atoms with Gasteiger partial charge in [0, 0.05) is 6.54 Å². The van der Waals surface area contributed by atoms with Crippen LogP contribution >= 0.6 is 0 Å². The molecule has 1 amide bonds. The molecule has 1 aromatic rings. The van der Waals surface area contributed by atoms with Crippen LogP contribution in [0.5, 0.6) is 5.75 Å². The van der Waals surface area contributed by atoms with Crippen LogP contribution in [0.15, 0.2) is 18.2 Å². The summed E-state index contributed by atoms with van der Waals surface area (Å²) in [5.41, 5.74) is 0.518. The van der Waals surface area contributed by atoms with E-state index in [9.17, 15) is 14.4 Å². The van der Waals surface area contributed by atoms with Gasteiger partial charge in [0.25, 0.3) is 0 Å². The quantitative estimate of drug-likeness (QED) is 0.744. The number of carboxylic acids is 1. The Morgan fingerprint density at radius 3 is 2.57 bits per heavy atom. The van der Waals surface area contributed by atoms with Gasteiger partial charge in [0.05, 0.1) is 5.56 Å². The lowest BCUT2D eigenvalue weighted by molar-refractivity contribution is -0.139. The second-order valence-corrected chi connectivity index (χ2v) is 5.85. The van der Waals surface area contributed by atoms with Gasteiger partial charge in [0.1, 0.15) is 11.4 Å². The Hall–Kier alpha value is -2.57. The highest BCUT2D eigenvalue weighted by atomic mass is 16.6. The molecule has 0 heterocycles. The van der Waals surface area contributed by atoms with Crippen LogP contribution in [-0.4, -0.2) is 42.2 Å². The maximum Gasteiger partial charge on any atom is 0.407 e. The summed E-state index contributed by atoms with van der Waals surface area (Å²) in [5.74, 6) is -0.904. The van der Waals surface area contributed by atoms with Crippen molar-refractivity contribution >= 4 is 18.3 Å². The molecule has 1 rings (SSSR count). The number of hydrogen-bond acceptors (Lipinski definition) is 5. The molecule has 0 radical (unpaired) electrons. The highest BCUT2D eigenvalue weighted by Gasteiger charge is 2.15. The number of carbonyl (C=O) groups is 3. The fourth-order valence-electron chi connectivity index (χ4n) is 1.74. The third-order valence-corrected chi connectivity index (χ3v) is 2.63. The number of carbonyl (C=O) groups excluding carboxylic acids is 2. The van der Waals surface area contributed by atoms with Gasteiger partial charge in [-0.05, 0) is 44.9 Å². The third-order valence-electron chi connectivity index (χ3n) is 2.63. The summed E-state index contributed by atoms with van der Waals surface area (Å²) in [5, 5.41) is 11.2. The van der Waals surface area contributed by atoms with Crippen molar-refractivity contribution in [2.45, 2.75) is 32.8 Å². The third kappa shape index (κ3) is 7.30. The first kappa shape index (κ1) is 18.5. The van der Waals surface area contributed by atoms with Crippen LogP contribution in [0.4, 0.5) is 4.79 Å². The zero-order chi connectivity index (χ0) is 17.5. The van der Waals surface area contributed by atoms with E-state index in [2.05, 4.69) is 5.32 Å². The van der Waals surface area contributed by atoms with Crippen LogP contribution in [-0.2, 0) is 16.0 Å². The maximum atomic E-state index is 11.5. The van der Waals surface area contributed by atoms with Gasteiger partial charge in [-0.3, -0.25) is 4.79 Å². The van der Waals surface area contributed by atoms with Crippen LogP contribution in [0.3, 0.4) is 0 Å². The first-order chi connectivity index (χ1) is 10.7. The topological polar surface area (TPSA) is 102 Å². The Kier molecular flexibility index (Phi) is 6.56. The number of hydrogen-bond donors (Lipinski definition) is 2. The van der Waals surface area contributed by atoms with Crippen molar-refractivity contribution in [3.05, 3.63) is 29.3 Å². The minimum absolute atomic E-state index is 0.214. The Bertz CT molecular complexity index is 576. The summed E-state index contributed by atoms with van der Waals surface area (Å²) in [6.45, 7) is 5.17. The van der Waals surface area contributed by atoms with Crippen molar-refractivity contribution in [2.24, 2.45) is 0 Å². The summed E-state index contributed by atoms with van der Waals surface area (Å²) in [4.78, 5) is 33.0. The van der Waals surface area contributed by atoms with E-state index >= 15 is 0 Å². The molecule has 23 heavy (non-hydrogen) atoms. The summed E-state index contributed by atoms with van der Waals surface area (Å²) in [7, 11) is 0. The van der Waals surface area contributed by atoms with Crippen molar-refractivity contribution in [3.63, 3.8) is 0 Å². The number of ether oxygens (including phenoxy) is 2. The molecule has 1 aromatic carbocycles. The van der Waals surface area contributed by atoms with E-state index < -0.39 is 24.3 Å². The SMILES string of the molecule is CC(C)(C)OC(=O)NCCc1ccc(OCC(=O)O)c(C=O)c1. The average molecular weight is 323 g/mol. The highest BCUT2D eigenvalue weighted by Crippen LogP contribution is 2.18. The number of rotatable bonds is 7. The molecule has 7 heteroatoms. The number of amides is 1. The van der Waals surface area contributed by atoms with E-state index in [1.54, 1.807) is 32.9 Å². The van der Waals surface area contributed by atoms with E-state index in [0.29, 0.717) is 19.3 Å². The highest BCUT2D eigenvalue weighted by molar-refractivity contribution is 5.80. The molecule has 0 atom stereocenters. The van der Waals surface area contributed by atoms with Crippen LogP contribution in [0, 0.1) is 0 Å². The molecule has 0 spiro atoms. The number of aldehydes is 1. The van der Waals surface area contributed by atoms with Gasteiger partial charge in [0.2, 0.25) is 0 Å². The predicted molar refractivity (Wildman–Crippen MR) is 82.9 cm³/mol. The molecule has 0 aliphatic heterocycles. The van der Waals surface area contributed by atoms with E-state index in [1.165, 1.54) is 6.07 Å². The lowest BCUT2D eigenvalue weighted by Crippen LogP contribution is -2.33. The van der Waals surface area contributed by atoms with Crippen LogP contribution in [0.1, 0.15) is 36.7 Å². The van der Waals surface area contributed by atoms with Crippen molar-refractivity contribution in [1.82, 2.24) is 5.32 Å². The van der Waals surface area contributed by atoms with E-state index in [1.807, 2.05) is 0 Å². The summed E-state index contributed by atoms with van der Waals surface area (Å²) in [6, 6.07) is 4.84. The number of alkyl carbamates (subject to hydrolysis) is 1. The second kappa shape index (κ2) is 8.17. The van der Waals surface area contributed by atoms with Crippen LogP contribution in [0.2, 0.25) is 0 Å². The Morgan fingerprint density at radius 1 is 1.30 bits per heavy atom. The number of carboxylic acid groups (broad SMARTS) is 1. The molecular formula is C16H21NO6. The second-order valence-electron chi connectivity index (χ2n) is 5.85. The molecule has 0 fully saturated rings. The van der Waals surface area contributed by atoms with Gasteiger partial charge < -0.3 is 19.9 Å². The van der Waals surface area contributed by atoms with Gasteiger partial charge in [-0.1, -0.05) is 6.07 Å². The monoisotopic (exact) mass is 323 g/mol. The molecule has 0 saturated carbocycles. The summed E-state index contributed by atoms with van der Waals surface area (Å²) < 4.78 is 10.1. The molecular weight excluding hydrogens is 302 g/mol. The normalized spacial score (nSPS) is 10.7. The van der Waals surface area contributed by atoms with Gasteiger partial charge in [-0.2, -0.15) is 0 Å². The standard InChI is InChI=1S/C16H21NO6/c1-16(2,3)23-15(21)17-7-6-11-4-5-13(12(8-11)9-18)22-10-14(19)20/h4-5,8-9H,6-7,10H2,1-3H3,(H,17,21)(H,19,20). The zero-order valence-corrected chi connectivity index (χ0v) is 13.4. The van der Waals surface area contributed by atoms with Gasteiger partial charge >= 0.3 is 12.1 Å². The number of benzene rings is 1. The van der Waals surface area contributed by atoms with Crippen molar-refractivity contribution < 1.29 is 29.0 Å². The minimum Gasteiger partial charge on any atom is -0.481 e. The van der Waals surface area contributed by atoms with Crippen LogP contribution in [0.25, 0.3) is 0 Å². The largest absolute Gasteiger partial charge is 0.481 e. The van der Waals surface area contributed by atoms with Crippen molar-refractivity contribution in [3.8, 4) is 5.75 Å². The fourth-order valence-corrected chi connectivity index (χ4v) is 1.74. The zero-order valence-electron chi connectivity index (χ0n) is 13.4. The molecule has 0 aromatic heterocycles. The molecule has 0 aliphatic rings. The molecule has 2 N–H and O–H groups in total. The molecule has 0 bridgehead atoms. The Morgan fingerprint density at radius 2 is 2.00 bits per heavy atom. The lowest BCUT2D eigenvalue weighted by Gasteiger charge is -2.19. The van der Waals surface area contributed by atoms with E-state index in [0.717, 1.165) is 5.56 Å². The molecule has 126 valence electrons. The Balaban J connectivity index is 2.56.